The van der Waals surface area contributed by atoms with E-state index in [0.717, 1.165) is 5.52 Å². The average Bonchev–Trinajstić information content (AvgIpc) is 2.58. The first-order chi connectivity index (χ1) is 7.56. The maximum Gasteiger partial charge on any atom is 0.288 e. The summed E-state index contributed by atoms with van der Waals surface area (Å²) in [4.78, 5) is 0. The van der Waals surface area contributed by atoms with Crippen LogP contribution < -0.4 is 0 Å². The minimum absolute atomic E-state index is 0.0767. The zero-order valence-electron chi connectivity index (χ0n) is 8.74. The Labute approximate surface area is 91.7 Å². The summed E-state index contributed by atoms with van der Waals surface area (Å²) >= 11 is 0. The first-order valence-electron chi connectivity index (χ1n) is 4.85. The molecule has 0 aliphatic carbocycles. The van der Waals surface area contributed by atoms with Gasteiger partial charge in [0.2, 0.25) is 0 Å². The Kier molecular flexibility index (Phi) is 2.39. The SMILES string of the molecule is Cn1cc(C(F)(F)CC#N)c2ccccc21. The number of hydrogen-bond donors (Lipinski definition) is 0. The molecule has 0 spiro atoms. The number of rotatable bonds is 2. The summed E-state index contributed by atoms with van der Waals surface area (Å²) in [5.74, 6) is -3.09. The highest BCUT2D eigenvalue weighted by Gasteiger charge is 2.34. The van der Waals surface area contributed by atoms with Gasteiger partial charge in [0, 0.05) is 29.7 Å². The molecule has 0 amide bonds. The minimum Gasteiger partial charge on any atom is -0.350 e. The molecular weight excluding hydrogens is 210 g/mol. The number of alkyl halides is 2. The molecule has 4 heteroatoms. The van der Waals surface area contributed by atoms with Gasteiger partial charge >= 0.3 is 0 Å². The standard InChI is InChI=1S/C12H10F2N2/c1-16-8-10(12(13,14)6-7-15)9-4-2-3-5-11(9)16/h2-5,8H,6H2,1H3. The minimum atomic E-state index is -3.09. The maximum absolute atomic E-state index is 13.7. The normalized spacial score (nSPS) is 11.6. The molecule has 1 aromatic heterocycles. The van der Waals surface area contributed by atoms with Crippen molar-refractivity contribution in [2.24, 2.45) is 7.05 Å². The number of aromatic nitrogens is 1. The molecule has 0 aliphatic rings. The topological polar surface area (TPSA) is 28.7 Å². The van der Waals surface area contributed by atoms with Crippen LogP contribution in [0.2, 0.25) is 0 Å². The number of fused-ring (bicyclic) bond motifs is 1. The summed E-state index contributed by atoms with van der Waals surface area (Å²) in [7, 11) is 1.72. The summed E-state index contributed by atoms with van der Waals surface area (Å²) in [5.41, 5.74) is 0.669. The van der Waals surface area contributed by atoms with Crippen LogP contribution in [0.15, 0.2) is 30.5 Å². The van der Waals surface area contributed by atoms with Crippen molar-refractivity contribution in [3.8, 4) is 6.07 Å². The molecule has 0 unspecified atom stereocenters. The fraction of sp³-hybridized carbons (Fsp3) is 0.250. The van der Waals surface area contributed by atoms with E-state index in [2.05, 4.69) is 0 Å². The van der Waals surface area contributed by atoms with Crippen LogP contribution in [0.5, 0.6) is 0 Å². The van der Waals surface area contributed by atoms with E-state index < -0.39 is 12.3 Å². The predicted molar refractivity (Wildman–Crippen MR) is 57.0 cm³/mol. The van der Waals surface area contributed by atoms with Crippen molar-refractivity contribution in [1.82, 2.24) is 4.57 Å². The Bertz CT molecular complexity index is 564. The van der Waals surface area contributed by atoms with Gasteiger partial charge in [0.1, 0.15) is 6.42 Å². The lowest BCUT2D eigenvalue weighted by molar-refractivity contribution is 0.00239. The summed E-state index contributed by atoms with van der Waals surface area (Å²) in [6.45, 7) is 0. The molecule has 0 bridgehead atoms. The fourth-order valence-corrected chi connectivity index (χ4v) is 1.83. The molecule has 0 saturated heterocycles. The second-order valence-electron chi connectivity index (χ2n) is 3.71. The number of nitrogens with zero attached hydrogens (tertiary/aromatic N) is 2. The number of aryl methyl sites for hydroxylation is 1. The van der Waals surface area contributed by atoms with Gasteiger partial charge in [-0.05, 0) is 6.07 Å². The zero-order valence-corrected chi connectivity index (χ0v) is 8.74. The van der Waals surface area contributed by atoms with Crippen molar-refractivity contribution < 1.29 is 8.78 Å². The van der Waals surface area contributed by atoms with Crippen LogP contribution in [0, 0.1) is 11.3 Å². The van der Waals surface area contributed by atoms with E-state index in [0.29, 0.717) is 5.39 Å². The Balaban J connectivity index is 2.67. The number of halogens is 2. The van der Waals surface area contributed by atoms with Gasteiger partial charge in [0.15, 0.2) is 0 Å². The van der Waals surface area contributed by atoms with E-state index in [1.807, 2.05) is 0 Å². The van der Waals surface area contributed by atoms with Crippen LogP contribution >= 0.6 is 0 Å². The molecule has 0 saturated carbocycles. The molecule has 0 aliphatic heterocycles. The number of benzene rings is 1. The molecule has 82 valence electrons. The van der Waals surface area contributed by atoms with Crippen LogP contribution in [-0.2, 0) is 13.0 Å². The lowest BCUT2D eigenvalue weighted by Gasteiger charge is -2.10. The molecule has 0 fully saturated rings. The van der Waals surface area contributed by atoms with Crippen LogP contribution in [0.4, 0.5) is 8.78 Å². The lowest BCUT2D eigenvalue weighted by Crippen LogP contribution is -2.11. The van der Waals surface area contributed by atoms with Gasteiger partial charge in [-0.2, -0.15) is 5.26 Å². The van der Waals surface area contributed by atoms with E-state index >= 15 is 0 Å². The van der Waals surface area contributed by atoms with Crippen molar-refractivity contribution in [2.45, 2.75) is 12.3 Å². The smallest absolute Gasteiger partial charge is 0.288 e. The Morgan fingerprint density at radius 3 is 2.75 bits per heavy atom. The second-order valence-corrected chi connectivity index (χ2v) is 3.71. The zero-order chi connectivity index (χ0) is 11.8. The molecule has 16 heavy (non-hydrogen) atoms. The Hall–Kier alpha value is -1.89. The highest BCUT2D eigenvalue weighted by Crippen LogP contribution is 2.36. The van der Waals surface area contributed by atoms with Gasteiger partial charge in [0.05, 0.1) is 6.07 Å². The molecule has 0 radical (unpaired) electrons. The summed E-state index contributed by atoms with van der Waals surface area (Å²) < 4.78 is 29.0. The third-order valence-corrected chi connectivity index (χ3v) is 2.59. The maximum atomic E-state index is 13.7. The van der Waals surface area contributed by atoms with Crippen molar-refractivity contribution >= 4 is 10.9 Å². The van der Waals surface area contributed by atoms with E-state index in [1.54, 1.807) is 35.9 Å². The summed E-state index contributed by atoms with van der Waals surface area (Å²) in [6.07, 6.45) is 0.600. The van der Waals surface area contributed by atoms with Gasteiger partial charge in [-0.1, -0.05) is 18.2 Å². The molecule has 1 aromatic carbocycles. The van der Waals surface area contributed by atoms with Gasteiger partial charge in [0.25, 0.3) is 5.92 Å². The van der Waals surface area contributed by atoms with Crippen LogP contribution in [-0.4, -0.2) is 4.57 Å². The third kappa shape index (κ3) is 1.54. The summed E-state index contributed by atoms with van der Waals surface area (Å²) in [6, 6.07) is 8.47. The highest BCUT2D eigenvalue weighted by atomic mass is 19.3. The van der Waals surface area contributed by atoms with E-state index in [4.69, 9.17) is 5.26 Å². The van der Waals surface area contributed by atoms with Gasteiger partial charge in [-0.25, -0.2) is 8.78 Å². The van der Waals surface area contributed by atoms with Crippen LogP contribution in [0.25, 0.3) is 10.9 Å². The first-order valence-corrected chi connectivity index (χ1v) is 4.85. The quantitative estimate of drug-likeness (QED) is 0.764. The van der Waals surface area contributed by atoms with Crippen molar-refractivity contribution in [2.75, 3.05) is 0 Å². The molecule has 1 heterocycles. The van der Waals surface area contributed by atoms with Crippen molar-refractivity contribution in [1.29, 1.82) is 5.26 Å². The highest BCUT2D eigenvalue weighted by molar-refractivity contribution is 5.84. The lowest BCUT2D eigenvalue weighted by atomic mass is 10.1. The van der Waals surface area contributed by atoms with Gasteiger partial charge < -0.3 is 4.57 Å². The molecule has 0 N–H and O–H groups in total. The Morgan fingerprint density at radius 1 is 1.38 bits per heavy atom. The van der Waals surface area contributed by atoms with E-state index in [1.165, 1.54) is 12.3 Å². The molecule has 2 rings (SSSR count). The van der Waals surface area contributed by atoms with Crippen LogP contribution in [0.3, 0.4) is 0 Å². The van der Waals surface area contributed by atoms with Crippen LogP contribution in [0.1, 0.15) is 12.0 Å². The monoisotopic (exact) mass is 220 g/mol. The molecule has 0 atom stereocenters. The second kappa shape index (κ2) is 3.60. The molecule has 2 aromatic rings. The van der Waals surface area contributed by atoms with E-state index in [9.17, 15) is 8.78 Å². The average molecular weight is 220 g/mol. The largest absolute Gasteiger partial charge is 0.350 e. The summed E-state index contributed by atoms with van der Waals surface area (Å²) in [5, 5.41) is 8.91. The van der Waals surface area contributed by atoms with E-state index in [-0.39, 0.29) is 5.56 Å². The number of hydrogen-bond acceptors (Lipinski definition) is 1. The predicted octanol–water partition coefficient (Wildman–Crippen LogP) is 3.18. The van der Waals surface area contributed by atoms with Gasteiger partial charge in [-0.15, -0.1) is 0 Å². The van der Waals surface area contributed by atoms with Crippen molar-refractivity contribution in [3.63, 3.8) is 0 Å². The number of para-hydroxylation sites is 1. The van der Waals surface area contributed by atoms with Crippen molar-refractivity contribution in [3.05, 3.63) is 36.0 Å². The number of nitriles is 1. The fourth-order valence-electron chi connectivity index (χ4n) is 1.83. The Morgan fingerprint density at radius 2 is 2.06 bits per heavy atom. The molecule has 2 nitrogen and oxygen atoms in total. The third-order valence-electron chi connectivity index (χ3n) is 2.59. The molecular formula is C12H10F2N2. The first kappa shape index (κ1) is 10.6. The van der Waals surface area contributed by atoms with Gasteiger partial charge in [-0.3, -0.25) is 0 Å².